The number of nitrogens with one attached hydrogen (secondary N) is 2. The standard InChI is InChI=1S/C19H21N5O7/c1-31-19(6-9-25)18(30)23(11-15(27)28)7-8-24(19)14(26)10-22-17(29)13-4-2-12(3-5-13)16(20)21/h2-6H,7-8,10-11H2,1H3,(H3,20,21)(H,22,29)(H,27,28)/t19-/m0/s1. The van der Waals surface area contributed by atoms with Crippen molar-refractivity contribution in [3.05, 3.63) is 41.5 Å². The Hall–Kier alpha value is -4.02. The summed E-state index contributed by atoms with van der Waals surface area (Å²) in [4.78, 5) is 61.7. The van der Waals surface area contributed by atoms with Crippen LogP contribution >= 0.6 is 0 Å². The minimum atomic E-state index is -2.17. The van der Waals surface area contributed by atoms with E-state index in [1.807, 2.05) is 0 Å². The number of benzene rings is 1. The molecule has 0 radical (unpaired) electrons. The summed E-state index contributed by atoms with van der Waals surface area (Å²) in [6.07, 6.45) is 0.698. The molecule has 0 spiro atoms. The van der Waals surface area contributed by atoms with Crippen LogP contribution in [0.4, 0.5) is 0 Å². The number of rotatable bonds is 8. The van der Waals surface area contributed by atoms with Gasteiger partial charge < -0.3 is 25.8 Å². The number of carbonyl (C=O) groups is 4. The Morgan fingerprint density at radius 1 is 1.29 bits per heavy atom. The van der Waals surface area contributed by atoms with Crippen molar-refractivity contribution in [2.75, 3.05) is 33.3 Å². The average molecular weight is 431 g/mol. The Kier molecular flexibility index (Phi) is 7.24. The average Bonchev–Trinajstić information content (AvgIpc) is 2.74. The first-order chi connectivity index (χ1) is 14.7. The third kappa shape index (κ3) is 4.94. The van der Waals surface area contributed by atoms with Gasteiger partial charge >= 0.3 is 5.97 Å². The van der Waals surface area contributed by atoms with Crippen molar-refractivity contribution >= 4 is 35.5 Å². The Morgan fingerprint density at radius 2 is 1.90 bits per heavy atom. The summed E-state index contributed by atoms with van der Waals surface area (Å²) in [5.41, 5.74) is 3.83. The lowest BCUT2D eigenvalue weighted by molar-refractivity contribution is -0.188. The molecule has 1 atom stereocenters. The van der Waals surface area contributed by atoms with Crippen LogP contribution in [0, 0.1) is 5.41 Å². The van der Waals surface area contributed by atoms with E-state index >= 15 is 0 Å². The zero-order chi connectivity index (χ0) is 23.2. The number of amidine groups is 1. The highest BCUT2D eigenvalue weighted by Gasteiger charge is 2.51. The van der Waals surface area contributed by atoms with Crippen molar-refractivity contribution in [2.24, 2.45) is 5.73 Å². The molecule has 2 rings (SSSR count). The second-order valence-corrected chi connectivity index (χ2v) is 6.50. The molecule has 1 fully saturated rings. The lowest BCUT2D eigenvalue weighted by atomic mass is 10.1. The summed E-state index contributed by atoms with van der Waals surface area (Å²) in [7, 11) is 1.09. The number of carboxylic acids is 1. The SMILES string of the molecule is CO[C@@]1(C=C=O)C(=O)N(CC(=O)O)CCN1C(=O)CNC(=O)c1ccc(C(=N)N)cc1. The van der Waals surface area contributed by atoms with Gasteiger partial charge in [-0.05, 0) is 12.1 Å². The van der Waals surface area contributed by atoms with Gasteiger partial charge in [0, 0.05) is 31.3 Å². The van der Waals surface area contributed by atoms with Gasteiger partial charge in [0.15, 0.2) is 0 Å². The topological polar surface area (TPSA) is 183 Å². The van der Waals surface area contributed by atoms with E-state index < -0.39 is 42.5 Å². The van der Waals surface area contributed by atoms with Gasteiger partial charge in [-0.1, -0.05) is 12.1 Å². The highest BCUT2D eigenvalue weighted by molar-refractivity contribution is 6.00. The number of hydrogen-bond acceptors (Lipinski definition) is 7. The minimum Gasteiger partial charge on any atom is -0.480 e. The molecule has 1 aliphatic rings. The fraction of sp³-hybridized carbons (Fsp3) is 0.316. The van der Waals surface area contributed by atoms with Gasteiger partial charge in [-0.2, -0.15) is 0 Å². The van der Waals surface area contributed by atoms with Crippen molar-refractivity contribution in [1.29, 1.82) is 5.41 Å². The molecular formula is C19H21N5O7. The zero-order valence-electron chi connectivity index (χ0n) is 16.6. The number of aliphatic carboxylic acids is 1. The number of piperazine rings is 1. The number of nitrogens with zero attached hydrogens (tertiary/aromatic N) is 2. The van der Waals surface area contributed by atoms with Crippen LogP contribution in [0.3, 0.4) is 0 Å². The summed E-state index contributed by atoms with van der Waals surface area (Å²) in [6.45, 7) is -1.38. The van der Waals surface area contributed by atoms with Crippen molar-refractivity contribution < 1.29 is 33.8 Å². The molecule has 12 nitrogen and oxygen atoms in total. The van der Waals surface area contributed by atoms with Crippen molar-refractivity contribution in [3.8, 4) is 0 Å². The largest absolute Gasteiger partial charge is 0.480 e. The molecule has 12 heteroatoms. The predicted molar refractivity (Wildman–Crippen MR) is 106 cm³/mol. The van der Waals surface area contributed by atoms with Crippen molar-refractivity contribution in [2.45, 2.75) is 5.72 Å². The van der Waals surface area contributed by atoms with E-state index in [1.54, 1.807) is 0 Å². The van der Waals surface area contributed by atoms with Crippen LogP contribution in [0.5, 0.6) is 0 Å². The summed E-state index contributed by atoms with van der Waals surface area (Å²) >= 11 is 0. The van der Waals surface area contributed by atoms with Crippen LogP contribution in [0.15, 0.2) is 30.3 Å². The van der Waals surface area contributed by atoms with E-state index in [0.717, 1.165) is 16.9 Å². The van der Waals surface area contributed by atoms with Crippen LogP contribution in [0.1, 0.15) is 15.9 Å². The minimum absolute atomic E-state index is 0.102. The molecule has 0 unspecified atom stereocenters. The normalized spacial score (nSPS) is 18.2. The molecule has 0 saturated carbocycles. The Bertz CT molecular complexity index is 955. The van der Waals surface area contributed by atoms with Gasteiger partial charge in [-0.3, -0.25) is 29.5 Å². The maximum absolute atomic E-state index is 12.8. The van der Waals surface area contributed by atoms with E-state index in [2.05, 4.69) is 5.32 Å². The molecule has 31 heavy (non-hydrogen) atoms. The molecule has 0 aliphatic carbocycles. The molecular weight excluding hydrogens is 410 g/mol. The molecule has 5 N–H and O–H groups in total. The number of nitrogen functional groups attached to an aromatic ring is 1. The van der Waals surface area contributed by atoms with E-state index in [1.165, 1.54) is 30.2 Å². The lowest BCUT2D eigenvalue weighted by Crippen LogP contribution is -2.68. The molecule has 1 aromatic carbocycles. The Morgan fingerprint density at radius 3 is 2.42 bits per heavy atom. The zero-order valence-corrected chi connectivity index (χ0v) is 16.6. The van der Waals surface area contributed by atoms with Crippen LogP contribution in [-0.2, 0) is 23.9 Å². The molecule has 0 aromatic heterocycles. The van der Waals surface area contributed by atoms with E-state index in [9.17, 15) is 24.0 Å². The number of amides is 3. The van der Waals surface area contributed by atoms with Gasteiger partial charge in [-0.25, -0.2) is 4.79 Å². The first-order valence-electron chi connectivity index (χ1n) is 8.97. The number of carbonyl (C=O) groups excluding carboxylic acids is 4. The number of carboxylic acid groups (broad SMARTS) is 1. The van der Waals surface area contributed by atoms with Gasteiger partial charge in [-0.15, -0.1) is 0 Å². The molecule has 1 aromatic rings. The number of methoxy groups -OCH3 is 1. The molecule has 3 amide bonds. The van der Waals surface area contributed by atoms with Crippen molar-refractivity contribution in [1.82, 2.24) is 15.1 Å². The smallest absolute Gasteiger partial charge is 0.323 e. The molecule has 164 valence electrons. The predicted octanol–water partition coefficient (Wildman–Crippen LogP) is -1.81. The first kappa shape index (κ1) is 23.3. The monoisotopic (exact) mass is 431 g/mol. The maximum atomic E-state index is 12.8. The summed E-state index contributed by atoms with van der Waals surface area (Å²) in [6, 6.07) is 5.81. The van der Waals surface area contributed by atoms with Gasteiger partial charge in [0.05, 0.1) is 12.6 Å². The van der Waals surface area contributed by atoms with Crippen molar-refractivity contribution in [3.63, 3.8) is 0 Å². The number of ether oxygens (including phenoxy) is 1. The fourth-order valence-corrected chi connectivity index (χ4v) is 3.08. The van der Waals surface area contributed by atoms with Gasteiger partial charge in [0.1, 0.15) is 18.3 Å². The number of hydrogen-bond donors (Lipinski definition) is 4. The van der Waals surface area contributed by atoms with Crippen LogP contribution in [0.2, 0.25) is 0 Å². The molecule has 1 aliphatic heterocycles. The first-order valence-corrected chi connectivity index (χ1v) is 8.97. The van der Waals surface area contributed by atoms with Crippen LogP contribution < -0.4 is 11.1 Å². The number of nitrogens with two attached hydrogens (primary N) is 1. The fourth-order valence-electron chi connectivity index (χ4n) is 3.08. The van der Waals surface area contributed by atoms with E-state index in [4.69, 9.17) is 21.0 Å². The van der Waals surface area contributed by atoms with Crippen LogP contribution in [-0.4, -0.2) is 89.4 Å². The van der Waals surface area contributed by atoms with E-state index in [0.29, 0.717) is 11.6 Å². The summed E-state index contributed by atoms with van der Waals surface area (Å²) in [5.74, 6) is -2.24. The quantitative estimate of drug-likeness (QED) is 0.211. The molecule has 1 heterocycles. The molecule has 0 bridgehead atoms. The lowest BCUT2D eigenvalue weighted by Gasteiger charge is -2.45. The highest BCUT2D eigenvalue weighted by atomic mass is 16.5. The Balaban J connectivity index is 2.15. The maximum Gasteiger partial charge on any atom is 0.323 e. The summed E-state index contributed by atoms with van der Waals surface area (Å²) < 4.78 is 5.16. The second-order valence-electron chi connectivity index (χ2n) is 6.50. The third-order valence-corrected chi connectivity index (χ3v) is 4.64. The third-order valence-electron chi connectivity index (χ3n) is 4.64. The van der Waals surface area contributed by atoms with Gasteiger partial charge in [0.2, 0.25) is 5.91 Å². The van der Waals surface area contributed by atoms with Gasteiger partial charge in [0.25, 0.3) is 17.5 Å². The highest BCUT2D eigenvalue weighted by Crippen LogP contribution is 2.25. The second kappa shape index (κ2) is 9.65. The molecule has 1 saturated heterocycles. The summed E-state index contributed by atoms with van der Waals surface area (Å²) in [5, 5.41) is 18.7. The van der Waals surface area contributed by atoms with Crippen LogP contribution in [0.25, 0.3) is 0 Å². The Labute approximate surface area is 176 Å². The van der Waals surface area contributed by atoms with E-state index in [-0.39, 0.29) is 24.5 Å².